The van der Waals surface area contributed by atoms with Gasteiger partial charge in [0, 0.05) is 26.6 Å². The van der Waals surface area contributed by atoms with Crippen LogP contribution in [0.2, 0.25) is 0 Å². The molecule has 2 rings (SSSR count). The molecule has 0 aliphatic carbocycles. The van der Waals surface area contributed by atoms with Gasteiger partial charge in [0.15, 0.2) is 5.96 Å². The average Bonchev–Trinajstić information content (AvgIpc) is 3.19. The number of rotatable bonds is 9. The summed E-state index contributed by atoms with van der Waals surface area (Å²) in [5, 5.41) is 9.37. The van der Waals surface area contributed by atoms with Crippen molar-refractivity contribution >= 4 is 35.8 Å². The van der Waals surface area contributed by atoms with Crippen LogP contribution in [-0.2, 0) is 17.6 Å². The van der Waals surface area contributed by atoms with Crippen LogP contribution in [0.3, 0.4) is 0 Å². The highest BCUT2D eigenvalue weighted by Crippen LogP contribution is 2.15. The third-order valence-electron chi connectivity index (χ3n) is 4.27. The minimum absolute atomic E-state index is 0. The largest absolute Gasteiger partial charge is 0.469 e. The number of furan rings is 1. The van der Waals surface area contributed by atoms with Crippen molar-refractivity contribution in [1.29, 1.82) is 0 Å². The first-order chi connectivity index (χ1) is 13.0. The normalized spacial score (nSPS) is 11.5. The molecule has 1 aromatic heterocycles. The third-order valence-corrected chi connectivity index (χ3v) is 4.27. The van der Waals surface area contributed by atoms with Crippen molar-refractivity contribution in [3.63, 3.8) is 0 Å². The maximum Gasteiger partial charge on any atom is 0.227 e. The van der Waals surface area contributed by atoms with Crippen LogP contribution in [0, 0.1) is 5.41 Å². The van der Waals surface area contributed by atoms with E-state index in [0.717, 1.165) is 25.1 Å². The third kappa shape index (κ3) is 8.33. The highest BCUT2D eigenvalue weighted by atomic mass is 127. The van der Waals surface area contributed by atoms with Gasteiger partial charge in [0.2, 0.25) is 5.91 Å². The van der Waals surface area contributed by atoms with Crippen molar-refractivity contribution in [2.75, 3.05) is 26.7 Å². The summed E-state index contributed by atoms with van der Waals surface area (Å²) in [6.07, 6.45) is 3.35. The lowest BCUT2D eigenvalue weighted by molar-refractivity contribution is -0.128. The van der Waals surface area contributed by atoms with E-state index in [0.29, 0.717) is 19.0 Å². The number of nitrogens with one attached hydrogen (secondary N) is 3. The van der Waals surface area contributed by atoms with Gasteiger partial charge in [-0.15, -0.1) is 24.0 Å². The lowest BCUT2D eigenvalue weighted by Gasteiger charge is -2.21. The molecule has 2 aromatic rings. The Morgan fingerprint density at radius 3 is 2.32 bits per heavy atom. The number of amides is 1. The van der Waals surface area contributed by atoms with Gasteiger partial charge < -0.3 is 20.4 Å². The van der Waals surface area contributed by atoms with Crippen LogP contribution in [0.5, 0.6) is 0 Å². The minimum atomic E-state index is -0.566. The van der Waals surface area contributed by atoms with Gasteiger partial charge >= 0.3 is 0 Å². The van der Waals surface area contributed by atoms with Gasteiger partial charge in [-0.1, -0.05) is 30.3 Å². The molecule has 28 heavy (non-hydrogen) atoms. The van der Waals surface area contributed by atoms with E-state index in [2.05, 4.69) is 33.1 Å². The molecule has 1 aromatic carbocycles. The van der Waals surface area contributed by atoms with E-state index in [-0.39, 0.29) is 29.9 Å². The molecule has 1 amide bonds. The zero-order valence-corrected chi connectivity index (χ0v) is 19.2. The molecule has 3 N–H and O–H groups in total. The molecular weight excluding hydrogens is 467 g/mol. The van der Waals surface area contributed by atoms with E-state index in [1.165, 1.54) is 5.56 Å². The molecule has 1 heterocycles. The predicted octanol–water partition coefficient (Wildman–Crippen LogP) is 2.99. The van der Waals surface area contributed by atoms with Gasteiger partial charge in [0.1, 0.15) is 5.76 Å². The molecule has 0 aliphatic heterocycles. The van der Waals surface area contributed by atoms with Gasteiger partial charge in [-0.2, -0.15) is 0 Å². The van der Waals surface area contributed by atoms with Crippen molar-refractivity contribution in [3.05, 3.63) is 60.1 Å². The van der Waals surface area contributed by atoms with Crippen LogP contribution in [0.4, 0.5) is 0 Å². The molecule has 7 heteroatoms. The Morgan fingerprint density at radius 2 is 1.71 bits per heavy atom. The summed E-state index contributed by atoms with van der Waals surface area (Å²) in [4.78, 5) is 16.6. The Labute approximate surface area is 184 Å². The molecule has 154 valence electrons. The number of carbonyl (C=O) groups is 1. The summed E-state index contributed by atoms with van der Waals surface area (Å²) in [7, 11) is 1.65. The summed E-state index contributed by atoms with van der Waals surface area (Å²) in [5.41, 5.74) is 0.703. The fourth-order valence-corrected chi connectivity index (χ4v) is 2.59. The van der Waals surface area contributed by atoms with E-state index in [1.807, 2.05) is 44.2 Å². The smallest absolute Gasteiger partial charge is 0.227 e. The highest BCUT2D eigenvalue weighted by Gasteiger charge is 2.26. The first kappa shape index (κ1) is 24.0. The second kappa shape index (κ2) is 12.4. The molecule has 0 fully saturated rings. The van der Waals surface area contributed by atoms with E-state index >= 15 is 0 Å². The van der Waals surface area contributed by atoms with Crippen LogP contribution in [0.1, 0.15) is 25.2 Å². The molecule has 0 saturated carbocycles. The lowest BCUT2D eigenvalue weighted by Crippen LogP contribution is -2.42. The number of halogens is 1. The second-order valence-electron chi connectivity index (χ2n) is 7.05. The van der Waals surface area contributed by atoms with Crippen molar-refractivity contribution in [2.24, 2.45) is 10.4 Å². The van der Waals surface area contributed by atoms with Crippen LogP contribution >= 0.6 is 24.0 Å². The number of carbonyl (C=O) groups excluding carboxylic acids is 1. The topological polar surface area (TPSA) is 78.7 Å². The molecule has 0 aliphatic rings. The quantitative estimate of drug-likeness (QED) is 0.282. The molecule has 0 radical (unpaired) electrons. The maximum absolute atomic E-state index is 12.0. The van der Waals surface area contributed by atoms with Gasteiger partial charge in [0.25, 0.3) is 0 Å². The molecule has 0 bridgehead atoms. The zero-order valence-electron chi connectivity index (χ0n) is 16.8. The Kier molecular flexibility index (Phi) is 10.7. The van der Waals surface area contributed by atoms with Crippen LogP contribution < -0.4 is 16.0 Å². The van der Waals surface area contributed by atoms with E-state index in [4.69, 9.17) is 4.42 Å². The summed E-state index contributed by atoms with van der Waals surface area (Å²) >= 11 is 0. The van der Waals surface area contributed by atoms with E-state index in [1.54, 1.807) is 13.3 Å². The molecule has 0 unspecified atom stereocenters. The van der Waals surface area contributed by atoms with Crippen molar-refractivity contribution in [3.8, 4) is 0 Å². The van der Waals surface area contributed by atoms with Crippen molar-refractivity contribution in [2.45, 2.75) is 26.7 Å². The number of guanidine groups is 1. The van der Waals surface area contributed by atoms with Gasteiger partial charge in [-0.25, -0.2) is 0 Å². The zero-order chi connectivity index (χ0) is 19.5. The number of hydrogen-bond donors (Lipinski definition) is 3. The summed E-state index contributed by atoms with van der Waals surface area (Å²) < 4.78 is 5.36. The van der Waals surface area contributed by atoms with Gasteiger partial charge in [-0.05, 0) is 38.0 Å². The Bertz CT molecular complexity index is 715. The Morgan fingerprint density at radius 1 is 1.04 bits per heavy atom. The standard InChI is InChI=1S/C21H30N4O2.HI/c1-21(2,19(26)22-3)16-25-20(24-14-12-18-10-7-15-27-18)23-13-11-17-8-5-4-6-9-17;/h4-10,15H,11-14,16H2,1-3H3,(H,22,26)(H2,23,24,25);1H. The van der Waals surface area contributed by atoms with Crippen LogP contribution in [-0.4, -0.2) is 38.5 Å². The SMILES string of the molecule is CNC(=O)C(C)(C)CN=C(NCCc1ccccc1)NCCc1ccco1.I. The first-order valence-corrected chi connectivity index (χ1v) is 9.32. The lowest BCUT2D eigenvalue weighted by atomic mass is 9.93. The Hall–Kier alpha value is -2.03. The molecule has 0 spiro atoms. The molecule has 0 saturated heterocycles. The van der Waals surface area contributed by atoms with E-state index < -0.39 is 5.41 Å². The summed E-state index contributed by atoms with van der Waals surface area (Å²) in [6, 6.07) is 14.1. The van der Waals surface area contributed by atoms with E-state index in [9.17, 15) is 4.79 Å². The molecular formula is C21H31IN4O2. The maximum atomic E-state index is 12.0. The monoisotopic (exact) mass is 498 g/mol. The van der Waals surface area contributed by atoms with Crippen LogP contribution in [0.25, 0.3) is 0 Å². The van der Waals surface area contributed by atoms with Gasteiger partial charge in [-0.3, -0.25) is 9.79 Å². The molecule has 6 nitrogen and oxygen atoms in total. The predicted molar refractivity (Wildman–Crippen MR) is 124 cm³/mol. The highest BCUT2D eigenvalue weighted by molar-refractivity contribution is 14.0. The Balaban J connectivity index is 0.00000392. The fraction of sp³-hybridized carbons (Fsp3) is 0.429. The summed E-state index contributed by atoms with van der Waals surface area (Å²) in [5.74, 6) is 1.61. The minimum Gasteiger partial charge on any atom is -0.469 e. The van der Waals surface area contributed by atoms with Gasteiger partial charge in [0.05, 0.1) is 18.2 Å². The second-order valence-corrected chi connectivity index (χ2v) is 7.05. The number of aliphatic imine (C=N–C) groups is 1. The number of hydrogen-bond acceptors (Lipinski definition) is 3. The average molecular weight is 498 g/mol. The number of benzene rings is 1. The number of nitrogens with zero attached hydrogens (tertiary/aromatic N) is 1. The summed E-state index contributed by atoms with van der Waals surface area (Å²) in [6.45, 7) is 5.63. The fourth-order valence-electron chi connectivity index (χ4n) is 2.59. The molecule has 0 atom stereocenters. The van der Waals surface area contributed by atoms with Crippen LogP contribution in [0.15, 0.2) is 58.1 Å². The van der Waals surface area contributed by atoms with Crippen molar-refractivity contribution in [1.82, 2.24) is 16.0 Å². The first-order valence-electron chi connectivity index (χ1n) is 9.32. The van der Waals surface area contributed by atoms with Crippen molar-refractivity contribution < 1.29 is 9.21 Å².